The van der Waals surface area contributed by atoms with Crippen molar-refractivity contribution in [2.45, 2.75) is 12.7 Å². The molecule has 56 valence electrons. The molecular weight excluding hydrogens is 122 g/mol. The van der Waals surface area contributed by atoms with Crippen LogP contribution in [0.15, 0.2) is 0 Å². The zero-order valence-electron chi connectivity index (χ0n) is 5.52. The number of hydrogen-bond donors (Lipinski definition) is 1. The molecule has 1 rings (SSSR count). The van der Waals surface area contributed by atoms with Crippen LogP contribution >= 0.6 is 0 Å². The SMILES string of the molecule is CC1(CN)OCCO1.O. The summed E-state index contributed by atoms with van der Waals surface area (Å²) >= 11 is 0. The molecule has 1 aliphatic heterocycles. The standard InChI is InChI=1S/C5H11NO2.H2O/c1-5(4-6)7-2-3-8-5;/h2-4,6H2,1H3;1H2. The van der Waals surface area contributed by atoms with E-state index in [9.17, 15) is 0 Å². The third kappa shape index (κ3) is 1.91. The first-order valence-electron chi connectivity index (χ1n) is 2.75. The maximum absolute atomic E-state index is 5.32. The molecule has 4 heteroatoms. The first-order chi connectivity index (χ1) is 3.77. The molecule has 4 nitrogen and oxygen atoms in total. The van der Waals surface area contributed by atoms with E-state index in [1.54, 1.807) is 0 Å². The van der Waals surface area contributed by atoms with Gasteiger partial charge < -0.3 is 20.7 Å². The predicted molar refractivity (Wildman–Crippen MR) is 33.0 cm³/mol. The molecule has 4 N–H and O–H groups in total. The van der Waals surface area contributed by atoms with Crippen LogP contribution in [-0.2, 0) is 9.47 Å². The molecule has 0 aliphatic carbocycles. The predicted octanol–water partition coefficient (Wildman–Crippen LogP) is -1.12. The molecule has 0 saturated carbocycles. The largest absolute Gasteiger partial charge is 0.412 e. The lowest BCUT2D eigenvalue weighted by atomic mass is 10.3. The van der Waals surface area contributed by atoms with Crippen LogP contribution < -0.4 is 5.73 Å². The minimum atomic E-state index is -0.486. The Hall–Kier alpha value is -0.160. The quantitative estimate of drug-likeness (QED) is 0.495. The zero-order chi connectivity index (χ0) is 6.04. The van der Waals surface area contributed by atoms with E-state index in [1.807, 2.05) is 6.92 Å². The third-order valence-corrected chi connectivity index (χ3v) is 1.27. The van der Waals surface area contributed by atoms with Gasteiger partial charge in [0.15, 0.2) is 5.79 Å². The summed E-state index contributed by atoms with van der Waals surface area (Å²) in [4.78, 5) is 0. The maximum atomic E-state index is 5.32. The fourth-order valence-electron chi connectivity index (χ4n) is 0.675. The highest BCUT2D eigenvalue weighted by molar-refractivity contribution is 4.67. The highest BCUT2D eigenvalue weighted by atomic mass is 16.7. The van der Waals surface area contributed by atoms with Crippen molar-refractivity contribution in [2.24, 2.45) is 5.73 Å². The lowest BCUT2D eigenvalue weighted by Gasteiger charge is -2.18. The smallest absolute Gasteiger partial charge is 0.177 e. The first kappa shape index (κ1) is 8.84. The molecule has 1 heterocycles. The average molecular weight is 135 g/mol. The van der Waals surface area contributed by atoms with Crippen molar-refractivity contribution in [3.63, 3.8) is 0 Å². The van der Waals surface area contributed by atoms with E-state index < -0.39 is 5.79 Å². The molecular formula is C5H13NO3. The van der Waals surface area contributed by atoms with Gasteiger partial charge in [-0.1, -0.05) is 0 Å². The highest BCUT2D eigenvalue weighted by Gasteiger charge is 2.28. The highest BCUT2D eigenvalue weighted by Crippen LogP contribution is 2.15. The van der Waals surface area contributed by atoms with Crippen molar-refractivity contribution in [2.75, 3.05) is 19.8 Å². The second-order valence-electron chi connectivity index (χ2n) is 2.03. The molecule has 0 amide bonds. The summed E-state index contributed by atoms with van der Waals surface area (Å²) in [5.41, 5.74) is 5.32. The van der Waals surface area contributed by atoms with Gasteiger partial charge in [-0.25, -0.2) is 0 Å². The van der Waals surface area contributed by atoms with Gasteiger partial charge in [-0.3, -0.25) is 0 Å². The van der Waals surface area contributed by atoms with Gasteiger partial charge >= 0.3 is 0 Å². The van der Waals surface area contributed by atoms with E-state index in [1.165, 1.54) is 0 Å². The van der Waals surface area contributed by atoms with Gasteiger partial charge in [0.2, 0.25) is 0 Å². The number of ether oxygens (including phenoxy) is 2. The second kappa shape index (κ2) is 3.12. The van der Waals surface area contributed by atoms with Crippen LogP contribution in [0, 0.1) is 0 Å². The molecule has 0 atom stereocenters. The van der Waals surface area contributed by atoms with Gasteiger partial charge in [0.25, 0.3) is 0 Å². The molecule has 0 bridgehead atoms. The van der Waals surface area contributed by atoms with Gasteiger partial charge in [0, 0.05) is 6.54 Å². The molecule has 0 radical (unpaired) electrons. The van der Waals surface area contributed by atoms with Crippen LogP contribution in [0.1, 0.15) is 6.92 Å². The van der Waals surface area contributed by atoms with Gasteiger partial charge in [-0.2, -0.15) is 0 Å². The minimum absolute atomic E-state index is 0. The Labute approximate surface area is 54.2 Å². The van der Waals surface area contributed by atoms with Crippen LogP contribution in [0.2, 0.25) is 0 Å². The number of nitrogens with two attached hydrogens (primary N) is 1. The second-order valence-corrected chi connectivity index (χ2v) is 2.03. The van der Waals surface area contributed by atoms with Crippen molar-refractivity contribution < 1.29 is 14.9 Å². The fraction of sp³-hybridized carbons (Fsp3) is 1.00. The average Bonchev–Trinajstić information content (AvgIpc) is 2.17. The summed E-state index contributed by atoms with van der Waals surface area (Å²) < 4.78 is 10.3. The van der Waals surface area contributed by atoms with Crippen molar-refractivity contribution in [3.05, 3.63) is 0 Å². The molecule has 1 saturated heterocycles. The van der Waals surface area contributed by atoms with Gasteiger partial charge in [0.1, 0.15) is 0 Å². The number of rotatable bonds is 1. The molecule has 1 fully saturated rings. The Morgan fingerprint density at radius 1 is 1.44 bits per heavy atom. The fourth-order valence-corrected chi connectivity index (χ4v) is 0.675. The van der Waals surface area contributed by atoms with E-state index in [4.69, 9.17) is 15.2 Å². The summed E-state index contributed by atoms with van der Waals surface area (Å²) in [6.07, 6.45) is 0. The minimum Gasteiger partial charge on any atom is -0.412 e. The summed E-state index contributed by atoms with van der Waals surface area (Å²) in [5, 5.41) is 0. The maximum Gasteiger partial charge on any atom is 0.177 e. The van der Waals surface area contributed by atoms with Crippen LogP contribution in [-0.4, -0.2) is 31.0 Å². The van der Waals surface area contributed by atoms with Gasteiger partial charge in [-0.15, -0.1) is 0 Å². The van der Waals surface area contributed by atoms with Crippen molar-refractivity contribution in [3.8, 4) is 0 Å². The Balaban J connectivity index is 0.000000640. The molecule has 0 spiro atoms. The van der Waals surface area contributed by atoms with Crippen molar-refractivity contribution in [1.82, 2.24) is 0 Å². The van der Waals surface area contributed by atoms with Crippen LogP contribution in [0.3, 0.4) is 0 Å². The van der Waals surface area contributed by atoms with Crippen molar-refractivity contribution in [1.29, 1.82) is 0 Å². The molecule has 0 unspecified atom stereocenters. The lowest BCUT2D eigenvalue weighted by Crippen LogP contribution is -2.35. The number of hydrogen-bond acceptors (Lipinski definition) is 3. The van der Waals surface area contributed by atoms with Gasteiger partial charge in [-0.05, 0) is 6.92 Å². The Bertz CT molecular complexity index is 80.3. The van der Waals surface area contributed by atoms with E-state index in [0.717, 1.165) is 0 Å². The zero-order valence-corrected chi connectivity index (χ0v) is 5.52. The van der Waals surface area contributed by atoms with E-state index in [-0.39, 0.29) is 5.48 Å². The summed E-state index contributed by atoms with van der Waals surface area (Å²) in [5.74, 6) is -0.486. The summed E-state index contributed by atoms with van der Waals surface area (Å²) in [7, 11) is 0. The first-order valence-corrected chi connectivity index (χ1v) is 2.75. The van der Waals surface area contributed by atoms with E-state index in [2.05, 4.69) is 0 Å². The van der Waals surface area contributed by atoms with Crippen LogP contribution in [0.25, 0.3) is 0 Å². The molecule has 9 heavy (non-hydrogen) atoms. The Morgan fingerprint density at radius 3 is 2.11 bits per heavy atom. The molecule has 1 aliphatic rings. The summed E-state index contributed by atoms with van der Waals surface area (Å²) in [6.45, 7) is 3.63. The molecule has 0 aromatic heterocycles. The Kier molecular flexibility index (Phi) is 3.07. The van der Waals surface area contributed by atoms with Crippen molar-refractivity contribution >= 4 is 0 Å². The Morgan fingerprint density at radius 2 is 1.89 bits per heavy atom. The molecule has 0 aromatic carbocycles. The monoisotopic (exact) mass is 135 g/mol. The van der Waals surface area contributed by atoms with Gasteiger partial charge in [0.05, 0.1) is 13.2 Å². The normalized spacial score (nSPS) is 23.3. The topological polar surface area (TPSA) is 76.0 Å². The van der Waals surface area contributed by atoms with E-state index >= 15 is 0 Å². The third-order valence-electron chi connectivity index (χ3n) is 1.27. The lowest BCUT2D eigenvalue weighted by molar-refractivity contribution is -0.132. The summed E-state index contributed by atoms with van der Waals surface area (Å²) in [6, 6.07) is 0. The molecule has 0 aromatic rings. The van der Waals surface area contributed by atoms with E-state index in [0.29, 0.717) is 19.8 Å². The van der Waals surface area contributed by atoms with Crippen LogP contribution in [0.5, 0.6) is 0 Å². The van der Waals surface area contributed by atoms with Crippen LogP contribution in [0.4, 0.5) is 0 Å².